The third kappa shape index (κ3) is 4.90. The molecule has 31 heavy (non-hydrogen) atoms. The van der Waals surface area contributed by atoms with Gasteiger partial charge in [-0.05, 0) is 12.1 Å². The Morgan fingerprint density at radius 3 is 1.45 bits per heavy atom. The summed E-state index contributed by atoms with van der Waals surface area (Å²) in [6, 6.07) is 12.7. The van der Waals surface area contributed by atoms with Crippen LogP contribution in [0.5, 0.6) is 34.5 Å². The summed E-state index contributed by atoms with van der Waals surface area (Å²) in [5.41, 5.74) is 5.86. The molecule has 0 aliphatic heterocycles. The number of methoxy groups -OCH3 is 2. The van der Waals surface area contributed by atoms with Gasteiger partial charge in [0, 0.05) is 48.2 Å². The Balaban J connectivity index is 1.86. The number of nitro groups is 2. The maximum atomic E-state index is 11.0. The minimum Gasteiger partial charge on any atom is -0.490 e. The van der Waals surface area contributed by atoms with Crippen LogP contribution in [0.2, 0.25) is 0 Å². The molecule has 0 aromatic heterocycles. The zero-order valence-electron chi connectivity index (χ0n) is 16.4. The molecule has 0 unspecified atom stereocenters. The molecule has 0 aliphatic rings. The second-order valence-electron chi connectivity index (χ2n) is 6.12. The highest BCUT2D eigenvalue weighted by molar-refractivity contribution is 5.56. The lowest BCUT2D eigenvalue weighted by atomic mass is 10.2. The van der Waals surface area contributed by atoms with Gasteiger partial charge >= 0.3 is 11.4 Å². The number of nitro benzene ring substituents is 2. The molecule has 160 valence electrons. The van der Waals surface area contributed by atoms with E-state index in [9.17, 15) is 20.2 Å². The molecule has 0 spiro atoms. The van der Waals surface area contributed by atoms with Crippen molar-refractivity contribution < 1.29 is 28.8 Å². The van der Waals surface area contributed by atoms with Crippen LogP contribution in [0.4, 0.5) is 17.1 Å². The molecule has 3 aromatic rings. The highest BCUT2D eigenvalue weighted by Gasteiger charge is 2.17. The van der Waals surface area contributed by atoms with Crippen LogP contribution in [0.15, 0.2) is 54.6 Å². The Kier molecular flexibility index (Phi) is 6.05. The maximum absolute atomic E-state index is 11.0. The number of hydrogen-bond acceptors (Lipinski definition) is 9. The van der Waals surface area contributed by atoms with E-state index in [0.717, 1.165) is 0 Å². The van der Waals surface area contributed by atoms with Crippen molar-refractivity contribution in [3.8, 4) is 34.5 Å². The van der Waals surface area contributed by atoms with Gasteiger partial charge in [-0.2, -0.15) is 0 Å². The Labute approximate surface area is 175 Å². The summed E-state index contributed by atoms with van der Waals surface area (Å²) in [6.45, 7) is 0. The predicted molar refractivity (Wildman–Crippen MR) is 110 cm³/mol. The summed E-state index contributed by atoms with van der Waals surface area (Å²) < 4.78 is 21.5. The molecule has 0 radical (unpaired) electrons. The van der Waals surface area contributed by atoms with Gasteiger partial charge in [-0.1, -0.05) is 0 Å². The van der Waals surface area contributed by atoms with Gasteiger partial charge in [0.15, 0.2) is 0 Å². The molecule has 0 atom stereocenters. The third-order valence-electron chi connectivity index (χ3n) is 4.07. The zero-order chi connectivity index (χ0) is 22.5. The molecule has 2 N–H and O–H groups in total. The number of benzene rings is 3. The molecule has 3 aromatic carbocycles. The Bertz CT molecular complexity index is 1060. The third-order valence-corrected chi connectivity index (χ3v) is 4.07. The van der Waals surface area contributed by atoms with Crippen molar-refractivity contribution in [1.82, 2.24) is 0 Å². The Morgan fingerprint density at radius 1 is 0.677 bits per heavy atom. The van der Waals surface area contributed by atoms with Crippen LogP contribution in [0.1, 0.15) is 0 Å². The quantitative estimate of drug-likeness (QED) is 0.307. The van der Waals surface area contributed by atoms with E-state index in [1.54, 1.807) is 0 Å². The van der Waals surface area contributed by atoms with E-state index in [2.05, 4.69) is 0 Å². The van der Waals surface area contributed by atoms with E-state index in [1.165, 1.54) is 68.8 Å². The second-order valence-corrected chi connectivity index (χ2v) is 6.12. The summed E-state index contributed by atoms with van der Waals surface area (Å²) in [5, 5.41) is 22.0. The molecule has 0 heterocycles. The van der Waals surface area contributed by atoms with Gasteiger partial charge in [-0.25, -0.2) is 0 Å². The number of anilines is 1. The fourth-order valence-corrected chi connectivity index (χ4v) is 2.73. The minimum absolute atomic E-state index is 0.0425. The van der Waals surface area contributed by atoms with Gasteiger partial charge in [0.1, 0.15) is 23.0 Å². The van der Waals surface area contributed by atoms with Crippen LogP contribution < -0.4 is 24.7 Å². The zero-order valence-corrected chi connectivity index (χ0v) is 16.4. The van der Waals surface area contributed by atoms with Gasteiger partial charge in [0.05, 0.1) is 24.1 Å². The number of ether oxygens (including phenoxy) is 4. The molecule has 0 saturated heterocycles. The Hall–Kier alpha value is -4.54. The minimum atomic E-state index is -0.562. The van der Waals surface area contributed by atoms with Crippen molar-refractivity contribution in [2.45, 2.75) is 0 Å². The van der Waals surface area contributed by atoms with Gasteiger partial charge < -0.3 is 24.7 Å². The summed E-state index contributed by atoms with van der Waals surface area (Å²) >= 11 is 0. The molecule has 11 heteroatoms. The largest absolute Gasteiger partial charge is 0.490 e. The molecule has 0 bridgehead atoms. The first-order valence-corrected chi connectivity index (χ1v) is 8.72. The smallest absolute Gasteiger partial charge is 0.311 e. The number of hydrogen-bond donors (Lipinski definition) is 1. The van der Waals surface area contributed by atoms with Gasteiger partial charge in [-0.15, -0.1) is 0 Å². The molecule has 0 saturated carbocycles. The SMILES string of the molecule is COc1cc(Oc2cc(N)cc(Oc3ccc([N+](=O)[O-])c(OC)c3)c2)ccc1[N+](=O)[O-]. The lowest BCUT2D eigenvalue weighted by Gasteiger charge is -2.12. The fraction of sp³-hybridized carbons (Fsp3) is 0.100. The van der Waals surface area contributed by atoms with E-state index in [-0.39, 0.29) is 34.4 Å². The highest BCUT2D eigenvalue weighted by atomic mass is 16.6. The van der Waals surface area contributed by atoms with E-state index < -0.39 is 9.85 Å². The average Bonchev–Trinajstić information content (AvgIpc) is 2.72. The van der Waals surface area contributed by atoms with E-state index in [1.807, 2.05) is 0 Å². The molecule has 0 amide bonds. The number of nitrogens with zero attached hydrogens (tertiary/aromatic N) is 2. The van der Waals surface area contributed by atoms with Gasteiger partial charge in [0.2, 0.25) is 11.5 Å². The first-order valence-electron chi connectivity index (χ1n) is 8.72. The van der Waals surface area contributed by atoms with Crippen molar-refractivity contribution in [2.75, 3.05) is 20.0 Å². The normalized spacial score (nSPS) is 10.3. The van der Waals surface area contributed by atoms with Crippen molar-refractivity contribution in [2.24, 2.45) is 0 Å². The number of nitrogen functional groups attached to an aromatic ring is 1. The van der Waals surface area contributed by atoms with E-state index in [0.29, 0.717) is 17.2 Å². The highest BCUT2D eigenvalue weighted by Crippen LogP contribution is 2.37. The van der Waals surface area contributed by atoms with Crippen LogP contribution >= 0.6 is 0 Å². The topological polar surface area (TPSA) is 149 Å². The predicted octanol–water partition coefficient (Wildman–Crippen LogP) is 4.69. The summed E-state index contributed by atoms with van der Waals surface area (Å²) in [7, 11) is 2.63. The van der Waals surface area contributed by atoms with Crippen molar-refractivity contribution >= 4 is 17.1 Å². The number of rotatable bonds is 8. The van der Waals surface area contributed by atoms with Crippen molar-refractivity contribution in [1.29, 1.82) is 0 Å². The molecule has 11 nitrogen and oxygen atoms in total. The lowest BCUT2D eigenvalue weighted by Crippen LogP contribution is -1.96. The van der Waals surface area contributed by atoms with Crippen LogP contribution in [-0.2, 0) is 0 Å². The fourth-order valence-electron chi connectivity index (χ4n) is 2.73. The first kappa shape index (κ1) is 21.2. The monoisotopic (exact) mass is 427 g/mol. The molecule has 0 fully saturated rings. The van der Waals surface area contributed by atoms with Crippen LogP contribution in [0, 0.1) is 20.2 Å². The molecular weight excluding hydrogens is 410 g/mol. The molecule has 3 rings (SSSR count). The Morgan fingerprint density at radius 2 is 1.10 bits per heavy atom. The number of nitrogens with two attached hydrogens (primary N) is 1. The van der Waals surface area contributed by atoms with Crippen molar-refractivity contribution in [3.05, 3.63) is 74.8 Å². The maximum Gasteiger partial charge on any atom is 0.311 e. The van der Waals surface area contributed by atoms with Gasteiger partial charge in [-0.3, -0.25) is 20.2 Å². The first-order chi connectivity index (χ1) is 14.8. The van der Waals surface area contributed by atoms with Crippen molar-refractivity contribution in [3.63, 3.8) is 0 Å². The summed E-state index contributed by atoms with van der Waals surface area (Å²) in [4.78, 5) is 20.9. The molecule has 0 aliphatic carbocycles. The summed E-state index contributed by atoms with van der Waals surface area (Å²) in [5.74, 6) is 1.27. The molecular formula is C20H17N3O8. The van der Waals surface area contributed by atoms with E-state index >= 15 is 0 Å². The lowest BCUT2D eigenvalue weighted by molar-refractivity contribution is -0.385. The average molecular weight is 427 g/mol. The van der Waals surface area contributed by atoms with E-state index in [4.69, 9.17) is 24.7 Å². The second kappa shape index (κ2) is 8.86. The van der Waals surface area contributed by atoms with Crippen LogP contribution in [0.3, 0.4) is 0 Å². The van der Waals surface area contributed by atoms with Crippen LogP contribution in [0.25, 0.3) is 0 Å². The summed E-state index contributed by atoms with van der Waals surface area (Å²) in [6.07, 6.45) is 0. The standard InChI is InChI=1S/C20H17N3O8/c1-28-19-10-13(3-5-17(19)22(24)25)30-15-7-12(21)8-16(9-15)31-14-4-6-18(23(26)27)20(11-14)29-2/h3-11H,21H2,1-2H3. The van der Waals surface area contributed by atoms with Crippen LogP contribution in [-0.4, -0.2) is 24.1 Å². The van der Waals surface area contributed by atoms with Gasteiger partial charge in [0.25, 0.3) is 0 Å².